The van der Waals surface area contributed by atoms with E-state index in [1.165, 1.54) is 30.5 Å². The van der Waals surface area contributed by atoms with Crippen LogP contribution in [0.15, 0.2) is 113 Å². The molecule has 0 aromatic heterocycles. The van der Waals surface area contributed by atoms with Crippen LogP contribution in [0.4, 0.5) is 11.4 Å². The molecule has 0 bridgehead atoms. The highest BCUT2D eigenvalue weighted by molar-refractivity contribution is 7.92. The summed E-state index contributed by atoms with van der Waals surface area (Å²) < 4.78 is 38.3. The number of methoxy groups -OCH3 is 1. The van der Waals surface area contributed by atoms with Gasteiger partial charge in [-0.15, -0.1) is 0 Å². The Morgan fingerprint density at radius 2 is 1.50 bits per heavy atom. The quantitative estimate of drug-likeness (QED) is 0.178. The summed E-state index contributed by atoms with van der Waals surface area (Å²) in [7, 11) is -2.50. The monoisotopic (exact) mass is 606 g/mol. The van der Waals surface area contributed by atoms with Crippen LogP contribution >= 0.6 is 11.6 Å². The van der Waals surface area contributed by atoms with Crippen LogP contribution in [0.1, 0.15) is 5.56 Å². The second-order valence-corrected chi connectivity index (χ2v) is 11.0. The maximum Gasteiger partial charge on any atom is 0.264 e. The zero-order valence-corrected chi connectivity index (χ0v) is 24.0. The van der Waals surface area contributed by atoms with Crippen molar-refractivity contribution < 1.29 is 27.5 Å². The number of nitrogens with zero attached hydrogens (tertiary/aromatic N) is 2. The Labute approximate surface area is 248 Å². The van der Waals surface area contributed by atoms with E-state index in [9.17, 15) is 18.0 Å². The lowest BCUT2D eigenvalue weighted by Crippen LogP contribution is -2.39. The highest BCUT2D eigenvalue weighted by Gasteiger charge is 2.27. The van der Waals surface area contributed by atoms with E-state index >= 15 is 0 Å². The van der Waals surface area contributed by atoms with E-state index in [0.29, 0.717) is 33.5 Å². The minimum Gasteiger partial charge on any atom is -0.497 e. The zero-order chi connectivity index (χ0) is 30.0. The molecule has 2 amide bonds. The molecule has 0 saturated carbocycles. The van der Waals surface area contributed by atoms with Crippen molar-refractivity contribution >= 4 is 51.0 Å². The van der Waals surface area contributed by atoms with E-state index in [-0.39, 0.29) is 17.4 Å². The van der Waals surface area contributed by atoms with Gasteiger partial charge in [0, 0.05) is 10.7 Å². The average molecular weight is 607 g/mol. The van der Waals surface area contributed by atoms with Crippen LogP contribution in [0.25, 0.3) is 0 Å². The average Bonchev–Trinajstić information content (AvgIpc) is 3.00. The summed E-state index contributed by atoms with van der Waals surface area (Å²) in [4.78, 5) is 24.9. The van der Waals surface area contributed by atoms with Gasteiger partial charge in [-0.3, -0.25) is 13.9 Å². The predicted octanol–water partition coefficient (Wildman–Crippen LogP) is 4.71. The number of hydrazone groups is 1. The van der Waals surface area contributed by atoms with Crippen LogP contribution in [0.2, 0.25) is 5.02 Å². The lowest BCUT2D eigenvalue weighted by Gasteiger charge is -2.23. The molecule has 10 nitrogen and oxygen atoms in total. The van der Waals surface area contributed by atoms with E-state index in [1.54, 1.807) is 86.0 Å². The third-order valence-electron chi connectivity index (χ3n) is 5.76. The number of anilines is 2. The van der Waals surface area contributed by atoms with Crippen LogP contribution in [0.5, 0.6) is 11.5 Å². The van der Waals surface area contributed by atoms with Crippen LogP contribution < -0.4 is 24.5 Å². The van der Waals surface area contributed by atoms with Gasteiger partial charge in [0.25, 0.3) is 21.8 Å². The van der Waals surface area contributed by atoms with Gasteiger partial charge in [0.1, 0.15) is 18.0 Å². The summed E-state index contributed by atoms with van der Waals surface area (Å²) in [5.41, 5.74) is 3.94. The number of amides is 2. The topological polar surface area (TPSA) is 126 Å². The van der Waals surface area contributed by atoms with E-state index < -0.39 is 22.5 Å². The number of hydrogen-bond donors (Lipinski definition) is 2. The number of ether oxygens (including phenoxy) is 2. The van der Waals surface area contributed by atoms with E-state index in [1.807, 2.05) is 0 Å². The van der Waals surface area contributed by atoms with Gasteiger partial charge in [-0.25, -0.2) is 13.8 Å². The zero-order valence-electron chi connectivity index (χ0n) is 22.4. The van der Waals surface area contributed by atoms with Gasteiger partial charge in [0.15, 0.2) is 6.61 Å². The third kappa shape index (κ3) is 8.32. The van der Waals surface area contributed by atoms with E-state index in [2.05, 4.69) is 15.8 Å². The molecule has 0 heterocycles. The molecule has 0 unspecified atom stereocenters. The SMILES string of the molecule is COc1ccc(NC(=O)COc2ccc(/C=N\NC(=O)CN(c3ccccc3)S(=O)(=O)c3ccc(Cl)cc3)cc2)cc1. The van der Waals surface area contributed by atoms with E-state index in [4.69, 9.17) is 21.1 Å². The lowest BCUT2D eigenvalue weighted by molar-refractivity contribution is -0.119. The predicted molar refractivity (Wildman–Crippen MR) is 162 cm³/mol. The first-order valence-corrected chi connectivity index (χ1v) is 14.4. The lowest BCUT2D eigenvalue weighted by atomic mass is 10.2. The summed E-state index contributed by atoms with van der Waals surface area (Å²) in [5.74, 6) is 0.183. The summed E-state index contributed by atoms with van der Waals surface area (Å²) in [6.45, 7) is -0.690. The summed E-state index contributed by atoms with van der Waals surface area (Å²) in [5, 5.41) is 7.06. The van der Waals surface area contributed by atoms with Crippen molar-refractivity contribution in [3.63, 3.8) is 0 Å². The highest BCUT2D eigenvalue weighted by atomic mass is 35.5. The molecule has 0 spiro atoms. The molecular weight excluding hydrogens is 580 g/mol. The fourth-order valence-corrected chi connectivity index (χ4v) is 5.21. The van der Waals surface area contributed by atoms with Crippen LogP contribution in [-0.2, 0) is 19.6 Å². The molecule has 0 fully saturated rings. The van der Waals surface area contributed by atoms with Crippen LogP contribution in [-0.4, -0.2) is 46.7 Å². The minimum absolute atomic E-state index is 0.00687. The van der Waals surface area contributed by atoms with Gasteiger partial charge in [-0.05, 0) is 90.5 Å². The van der Waals surface area contributed by atoms with Crippen molar-refractivity contribution in [1.82, 2.24) is 5.43 Å². The Hall–Kier alpha value is -4.87. The summed E-state index contributed by atoms with van der Waals surface area (Å²) in [6.07, 6.45) is 1.40. The van der Waals surface area contributed by atoms with Crippen molar-refractivity contribution in [1.29, 1.82) is 0 Å². The first-order chi connectivity index (χ1) is 20.2. The van der Waals surface area contributed by atoms with Gasteiger partial charge in [-0.2, -0.15) is 5.10 Å². The fourth-order valence-electron chi connectivity index (χ4n) is 3.66. The molecule has 216 valence electrons. The summed E-state index contributed by atoms with van der Waals surface area (Å²) in [6, 6.07) is 27.6. The number of halogens is 1. The number of carbonyl (C=O) groups excluding carboxylic acids is 2. The number of hydrogen-bond acceptors (Lipinski definition) is 7. The molecule has 4 aromatic rings. The first-order valence-electron chi connectivity index (χ1n) is 12.6. The second-order valence-electron chi connectivity index (χ2n) is 8.73. The van der Waals surface area contributed by atoms with Gasteiger partial charge in [-0.1, -0.05) is 29.8 Å². The molecule has 0 radical (unpaired) electrons. The van der Waals surface area contributed by atoms with Crippen molar-refractivity contribution in [3.05, 3.63) is 114 Å². The molecule has 42 heavy (non-hydrogen) atoms. The Bertz CT molecular complexity index is 1630. The number of sulfonamides is 1. The van der Waals surface area contributed by atoms with Gasteiger partial charge < -0.3 is 14.8 Å². The second kappa shape index (κ2) is 14.2. The fraction of sp³-hybridized carbons (Fsp3) is 0.100. The molecule has 0 saturated heterocycles. The molecule has 0 aliphatic rings. The van der Waals surface area contributed by atoms with Gasteiger partial charge in [0.05, 0.1) is 23.9 Å². The number of carbonyl (C=O) groups is 2. The van der Waals surface area contributed by atoms with Gasteiger partial charge in [0.2, 0.25) is 0 Å². The van der Waals surface area contributed by atoms with Crippen molar-refractivity contribution in [2.24, 2.45) is 5.10 Å². The Morgan fingerprint density at radius 3 is 2.14 bits per heavy atom. The Morgan fingerprint density at radius 1 is 0.857 bits per heavy atom. The number of para-hydroxylation sites is 1. The third-order valence-corrected chi connectivity index (χ3v) is 7.80. The molecule has 0 aliphatic carbocycles. The van der Waals surface area contributed by atoms with Crippen LogP contribution in [0, 0.1) is 0 Å². The molecule has 4 aromatic carbocycles. The minimum atomic E-state index is -4.07. The molecule has 0 aliphatic heterocycles. The normalized spacial score (nSPS) is 11.1. The van der Waals surface area contributed by atoms with Crippen LogP contribution in [0.3, 0.4) is 0 Å². The largest absolute Gasteiger partial charge is 0.497 e. The van der Waals surface area contributed by atoms with E-state index in [0.717, 1.165) is 4.31 Å². The van der Waals surface area contributed by atoms with Gasteiger partial charge >= 0.3 is 0 Å². The number of nitrogens with one attached hydrogen (secondary N) is 2. The van der Waals surface area contributed by atoms with Crippen molar-refractivity contribution in [2.75, 3.05) is 29.9 Å². The molecular formula is C30H27ClN4O6S. The smallest absolute Gasteiger partial charge is 0.264 e. The maximum absolute atomic E-state index is 13.3. The molecule has 12 heteroatoms. The molecule has 2 N–H and O–H groups in total. The number of rotatable bonds is 12. The summed E-state index contributed by atoms with van der Waals surface area (Å²) >= 11 is 5.91. The maximum atomic E-state index is 13.3. The van der Waals surface area contributed by atoms with Crippen molar-refractivity contribution in [2.45, 2.75) is 4.90 Å². The van der Waals surface area contributed by atoms with Crippen molar-refractivity contribution in [3.8, 4) is 11.5 Å². The highest BCUT2D eigenvalue weighted by Crippen LogP contribution is 2.24. The number of benzene rings is 4. The molecule has 0 atom stereocenters. The molecule has 4 rings (SSSR count). The Kier molecular flexibility index (Phi) is 10.1. The first kappa shape index (κ1) is 30.1. The Balaban J connectivity index is 1.31. The standard InChI is InChI=1S/C30H27ClN4O6S/c1-40-26-15-11-24(12-16-26)33-30(37)21-41-27-13-7-22(8-14-27)19-32-34-29(36)20-35(25-5-3-2-4-6-25)42(38,39)28-17-9-23(31)10-18-28/h2-19H,20-21H2,1H3,(H,33,37)(H,34,36)/b32-19-.